The van der Waals surface area contributed by atoms with E-state index in [9.17, 15) is 0 Å². The Morgan fingerprint density at radius 3 is 3.25 bits per heavy atom. The lowest BCUT2D eigenvalue weighted by molar-refractivity contribution is 0.364. The minimum atomic E-state index is 0.854. The Hall–Kier alpha value is -0.610. The summed E-state index contributed by atoms with van der Waals surface area (Å²) in [6.07, 6.45) is 5.01. The molecule has 16 heavy (non-hydrogen) atoms. The van der Waals surface area contributed by atoms with Gasteiger partial charge >= 0.3 is 0 Å². The largest absolute Gasteiger partial charge is 0.362 e. The topological polar surface area (TPSA) is 37.0 Å². The predicted molar refractivity (Wildman–Crippen MR) is 70.2 cm³/mol. The number of nitrogens with one attached hydrogen (secondary N) is 2. The minimum absolute atomic E-state index is 0.854. The summed E-state index contributed by atoms with van der Waals surface area (Å²) in [5.41, 5.74) is 1.20. The molecule has 2 N–H and O–H groups in total. The van der Waals surface area contributed by atoms with Crippen LogP contribution in [0, 0.1) is 5.92 Å². The average Bonchev–Trinajstić information content (AvgIpc) is 2.78. The van der Waals surface area contributed by atoms with Crippen LogP contribution in [0.15, 0.2) is 5.38 Å². The molecule has 0 aromatic carbocycles. The van der Waals surface area contributed by atoms with Crippen LogP contribution in [-0.4, -0.2) is 24.6 Å². The first-order chi connectivity index (χ1) is 7.88. The van der Waals surface area contributed by atoms with Crippen LogP contribution < -0.4 is 10.6 Å². The summed E-state index contributed by atoms with van der Waals surface area (Å²) in [5.74, 6) is 0.854. The monoisotopic (exact) mass is 239 g/mol. The molecule has 4 heteroatoms. The molecule has 3 nitrogen and oxygen atoms in total. The van der Waals surface area contributed by atoms with Crippen molar-refractivity contribution in [3.63, 3.8) is 0 Å². The van der Waals surface area contributed by atoms with Crippen LogP contribution >= 0.6 is 11.3 Å². The molecular weight excluding hydrogens is 218 g/mol. The first kappa shape index (κ1) is 11.9. The van der Waals surface area contributed by atoms with E-state index < -0.39 is 0 Å². The minimum Gasteiger partial charge on any atom is -0.362 e. The summed E-state index contributed by atoms with van der Waals surface area (Å²) >= 11 is 1.72. The maximum absolute atomic E-state index is 4.50. The van der Waals surface area contributed by atoms with Gasteiger partial charge in [-0.15, -0.1) is 11.3 Å². The fraction of sp³-hybridized carbons (Fsp3) is 0.750. The summed E-state index contributed by atoms with van der Waals surface area (Å²) in [5, 5.41) is 10.1. The third-order valence-electron chi connectivity index (χ3n) is 3.14. The Bertz CT molecular complexity index is 305. The Labute approximate surface area is 102 Å². The summed E-state index contributed by atoms with van der Waals surface area (Å²) in [6, 6.07) is 0. The summed E-state index contributed by atoms with van der Waals surface area (Å²) < 4.78 is 0. The van der Waals surface area contributed by atoms with Crippen LogP contribution in [0.5, 0.6) is 0 Å². The third kappa shape index (κ3) is 3.46. The molecule has 1 fully saturated rings. The Balaban J connectivity index is 1.66. The molecule has 2 heterocycles. The smallest absolute Gasteiger partial charge is 0.182 e. The van der Waals surface area contributed by atoms with Crippen molar-refractivity contribution in [1.29, 1.82) is 0 Å². The van der Waals surface area contributed by atoms with Gasteiger partial charge in [-0.3, -0.25) is 0 Å². The maximum atomic E-state index is 4.50. The number of aromatic nitrogens is 1. The Kier molecular flexibility index (Phi) is 4.60. The molecule has 0 amide bonds. The number of nitrogens with zero attached hydrogens (tertiary/aromatic N) is 1. The number of piperidine rings is 1. The first-order valence-corrected chi connectivity index (χ1v) is 7.15. The van der Waals surface area contributed by atoms with Crippen molar-refractivity contribution in [2.75, 3.05) is 25.0 Å². The maximum Gasteiger partial charge on any atom is 0.182 e. The molecule has 0 spiro atoms. The van der Waals surface area contributed by atoms with Gasteiger partial charge in [-0.05, 0) is 44.7 Å². The van der Waals surface area contributed by atoms with Crippen LogP contribution in [0.25, 0.3) is 0 Å². The molecular formula is C12H21N3S. The normalized spacial score (nSPS) is 20.9. The Morgan fingerprint density at radius 1 is 1.62 bits per heavy atom. The van der Waals surface area contributed by atoms with E-state index in [4.69, 9.17) is 0 Å². The van der Waals surface area contributed by atoms with Gasteiger partial charge in [0, 0.05) is 11.9 Å². The van der Waals surface area contributed by atoms with Crippen molar-refractivity contribution in [3.8, 4) is 0 Å². The van der Waals surface area contributed by atoms with E-state index in [1.54, 1.807) is 11.3 Å². The Morgan fingerprint density at radius 2 is 2.56 bits per heavy atom. The molecule has 90 valence electrons. The molecule has 1 aromatic heterocycles. The van der Waals surface area contributed by atoms with Crippen molar-refractivity contribution >= 4 is 16.5 Å². The van der Waals surface area contributed by atoms with Crippen LogP contribution in [0.2, 0.25) is 0 Å². The SMILES string of the molecule is CCc1csc(NCCC2CCCNC2)n1. The molecule has 1 atom stereocenters. The zero-order valence-corrected chi connectivity index (χ0v) is 10.8. The number of thiazole rings is 1. The van der Waals surface area contributed by atoms with E-state index >= 15 is 0 Å². The molecule has 1 aliphatic heterocycles. The predicted octanol–water partition coefficient (Wildman–Crippen LogP) is 2.51. The molecule has 0 saturated carbocycles. The summed E-state index contributed by atoms with van der Waals surface area (Å²) in [6.45, 7) is 5.60. The second-order valence-corrected chi connectivity index (χ2v) is 5.28. The number of anilines is 1. The highest BCUT2D eigenvalue weighted by atomic mass is 32.1. The van der Waals surface area contributed by atoms with Gasteiger partial charge in [0.25, 0.3) is 0 Å². The molecule has 0 aliphatic carbocycles. The van der Waals surface area contributed by atoms with Gasteiger partial charge in [0.05, 0.1) is 5.69 Å². The first-order valence-electron chi connectivity index (χ1n) is 6.27. The van der Waals surface area contributed by atoms with Gasteiger partial charge in [-0.25, -0.2) is 4.98 Å². The number of hydrogen-bond acceptors (Lipinski definition) is 4. The van der Waals surface area contributed by atoms with E-state index in [0.29, 0.717) is 0 Å². The number of hydrogen-bond donors (Lipinski definition) is 2. The molecule has 1 aliphatic rings. The van der Waals surface area contributed by atoms with Gasteiger partial charge in [-0.2, -0.15) is 0 Å². The van der Waals surface area contributed by atoms with Crippen LogP contribution in [0.4, 0.5) is 5.13 Å². The molecule has 2 rings (SSSR count). The molecule has 1 aromatic rings. The second-order valence-electron chi connectivity index (χ2n) is 4.43. The highest BCUT2D eigenvalue weighted by molar-refractivity contribution is 7.13. The standard InChI is InChI=1S/C12H21N3S/c1-2-11-9-16-12(15-11)14-7-5-10-4-3-6-13-8-10/h9-10,13H,2-8H2,1H3,(H,14,15). The number of rotatable bonds is 5. The van der Waals surface area contributed by atoms with Crippen LogP contribution in [-0.2, 0) is 6.42 Å². The van der Waals surface area contributed by atoms with Crippen molar-refractivity contribution in [2.45, 2.75) is 32.6 Å². The third-order valence-corrected chi connectivity index (χ3v) is 3.99. The van der Waals surface area contributed by atoms with Crippen molar-refractivity contribution in [1.82, 2.24) is 10.3 Å². The fourth-order valence-corrected chi connectivity index (χ4v) is 2.93. The summed E-state index contributed by atoms with van der Waals surface area (Å²) in [7, 11) is 0. The fourth-order valence-electron chi connectivity index (χ4n) is 2.10. The van der Waals surface area contributed by atoms with Crippen molar-refractivity contribution in [2.24, 2.45) is 5.92 Å². The van der Waals surface area contributed by atoms with Crippen LogP contribution in [0.3, 0.4) is 0 Å². The van der Waals surface area contributed by atoms with E-state index in [0.717, 1.165) is 24.0 Å². The van der Waals surface area contributed by atoms with E-state index in [-0.39, 0.29) is 0 Å². The molecule has 1 saturated heterocycles. The van der Waals surface area contributed by atoms with Crippen molar-refractivity contribution in [3.05, 3.63) is 11.1 Å². The zero-order valence-electron chi connectivity index (χ0n) is 9.96. The van der Waals surface area contributed by atoms with E-state index in [1.165, 1.54) is 38.0 Å². The molecule has 1 unspecified atom stereocenters. The molecule has 0 radical (unpaired) electrons. The van der Waals surface area contributed by atoms with Gasteiger partial charge in [0.1, 0.15) is 0 Å². The number of aryl methyl sites for hydroxylation is 1. The van der Waals surface area contributed by atoms with Gasteiger partial charge in [0.15, 0.2) is 5.13 Å². The van der Waals surface area contributed by atoms with Crippen LogP contribution in [0.1, 0.15) is 31.9 Å². The lowest BCUT2D eigenvalue weighted by Gasteiger charge is -2.22. The second kappa shape index (κ2) is 6.21. The lowest BCUT2D eigenvalue weighted by Crippen LogP contribution is -2.30. The summed E-state index contributed by atoms with van der Waals surface area (Å²) in [4.78, 5) is 4.50. The van der Waals surface area contributed by atoms with E-state index in [2.05, 4.69) is 27.9 Å². The highest BCUT2D eigenvalue weighted by Gasteiger charge is 2.12. The average molecular weight is 239 g/mol. The van der Waals surface area contributed by atoms with Gasteiger partial charge in [0.2, 0.25) is 0 Å². The quantitative estimate of drug-likeness (QED) is 0.829. The molecule has 0 bridgehead atoms. The van der Waals surface area contributed by atoms with Gasteiger partial charge < -0.3 is 10.6 Å². The van der Waals surface area contributed by atoms with E-state index in [1.807, 2.05) is 0 Å². The highest BCUT2D eigenvalue weighted by Crippen LogP contribution is 2.17. The lowest BCUT2D eigenvalue weighted by atomic mass is 9.96. The zero-order chi connectivity index (χ0) is 11.2. The van der Waals surface area contributed by atoms with Gasteiger partial charge in [-0.1, -0.05) is 6.92 Å². The van der Waals surface area contributed by atoms with Crippen molar-refractivity contribution < 1.29 is 0 Å².